The Hall–Kier alpha value is -1.55. The summed E-state index contributed by atoms with van der Waals surface area (Å²) in [5.41, 5.74) is 1.45. The molecule has 1 fully saturated rings. The van der Waals surface area contributed by atoms with Gasteiger partial charge in [0.1, 0.15) is 6.04 Å². The molecule has 2 amide bonds. The van der Waals surface area contributed by atoms with E-state index in [0.717, 1.165) is 5.56 Å². The predicted molar refractivity (Wildman–Crippen MR) is 69.7 cm³/mol. The third-order valence-electron chi connectivity index (χ3n) is 3.18. The van der Waals surface area contributed by atoms with Crippen LogP contribution in [0.25, 0.3) is 0 Å². The van der Waals surface area contributed by atoms with Gasteiger partial charge in [0.2, 0.25) is 5.91 Å². The van der Waals surface area contributed by atoms with Gasteiger partial charge in [-0.25, -0.2) is 0 Å². The van der Waals surface area contributed by atoms with Crippen molar-refractivity contribution in [2.75, 3.05) is 13.1 Å². The fourth-order valence-corrected chi connectivity index (χ4v) is 2.13. The van der Waals surface area contributed by atoms with E-state index in [4.69, 9.17) is 11.6 Å². The summed E-state index contributed by atoms with van der Waals surface area (Å²) in [6, 6.07) is 4.76. The minimum atomic E-state index is -0.439. The molecule has 2 rings (SSSR count). The first kappa shape index (κ1) is 12.9. The molecule has 1 aromatic rings. The van der Waals surface area contributed by atoms with Crippen LogP contribution in [-0.4, -0.2) is 35.8 Å². The summed E-state index contributed by atoms with van der Waals surface area (Å²) in [4.78, 5) is 25.4. The van der Waals surface area contributed by atoms with E-state index in [1.807, 2.05) is 13.0 Å². The summed E-state index contributed by atoms with van der Waals surface area (Å²) in [7, 11) is 0. The Balaban J connectivity index is 2.25. The van der Waals surface area contributed by atoms with Crippen molar-refractivity contribution in [1.29, 1.82) is 0 Å². The number of carbonyl (C=O) groups excluding carboxylic acids is 2. The molecule has 1 atom stereocenters. The molecule has 5 heteroatoms. The van der Waals surface area contributed by atoms with Gasteiger partial charge in [-0.3, -0.25) is 9.59 Å². The van der Waals surface area contributed by atoms with E-state index in [1.165, 1.54) is 0 Å². The predicted octanol–water partition coefficient (Wildman–Crippen LogP) is 1.61. The molecule has 1 aromatic carbocycles. The minimum Gasteiger partial charge on any atom is -0.353 e. The molecule has 1 heterocycles. The zero-order chi connectivity index (χ0) is 13.3. The number of piperazine rings is 1. The third kappa shape index (κ3) is 2.34. The van der Waals surface area contributed by atoms with Crippen molar-refractivity contribution >= 4 is 23.4 Å². The van der Waals surface area contributed by atoms with Crippen LogP contribution in [0.15, 0.2) is 18.2 Å². The highest BCUT2D eigenvalue weighted by Gasteiger charge is 2.29. The lowest BCUT2D eigenvalue weighted by atomic mass is 10.1. The molecule has 1 N–H and O–H groups in total. The quantitative estimate of drug-likeness (QED) is 0.840. The van der Waals surface area contributed by atoms with Gasteiger partial charge in [0.25, 0.3) is 5.91 Å². The average Bonchev–Trinajstić information content (AvgIpc) is 2.35. The molecule has 0 spiro atoms. The largest absolute Gasteiger partial charge is 0.353 e. The highest BCUT2D eigenvalue weighted by atomic mass is 35.5. The number of hydrogen-bond donors (Lipinski definition) is 1. The van der Waals surface area contributed by atoms with Crippen LogP contribution in [0.2, 0.25) is 5.02 Å². The zero-order valence-electron chi connectivity index (χ0n) is 10.4. The van der Waals surface area contributed by atoms with Gasteiger partial charge in [-0.1, -0.05) is 17.7 Å². The minimum absolute atomic E-state index is 0.118. The number of nitrogens with one attached hydrogen (secondary N) is 1. The Labute approximate surface area is 111 Å². The molecular weight excluding hydrogens is 252 g/mol. The monoisotopic (exact) mass is 266 g/mol. The highest BCUT2D eigenvalue weighted by Crippen LogP contribution is 2.19. The van der Waals surface area contributed by atoms with E-state index in [1.54, 1.807) is 24.0 Å². The Bertz CT molecular complexity index is 502. The van der Waals surface area contributed by atoms with Crippen LogP contribution in [0.1, 0.15) is 22.8 Å². The maximum atomic E-state index is 12.3. The second-order valence-corrected chi connectivity index (χ2v) is 4.84. The summed E-state index contributed by atoms with van der Waals surface area (Å²) in [6.07, 6.45) is 0. The lowest BCUT2D eigenvalue weighted by Crippen LogP contribution is -2.55. The van der Waals surface area contributed by atoms with Crippen LogP contribution in [0.3, 0.4) is 0 Å². The summed E-state index contributed by atoms with van der Waals surface area (Å²) in [5, 5.41) is 3.29. The van der Waals surface area contributed by atoms with Gasteiger partial charge in [-0.2, -0.15) is 0 Å². The molecule has 0 aliphatic carbocycles. The molecule has 96 valence electrons. The summed E-state index contributed by atoms with van der Waals surface area (Å²) < 4.78 is 0. The second kappa shape index (κ2) is 4.98. The van der Waals surface area contributed by atoms with Crippen molar-refractivity contribution in [3.8, 4) is 0 Å². The molecule has 18 heavy (non-hydrogen) atoms. The number of rotatable bonds is 1. The van der Waals surface area contributed by atoms with Gasteiger partial charge < -0.3 is 10.2 Å². The van der Waals surface area contributed by atoms with Crippen molar-refractivity contribution < 1.29 is 9.59 Å². The van der Waals surface area contributed by atoms with Gasteiger partial charge in [-0.05, 0) is 31.5 Å². The topological polar surface area (TPSA) is 49.4 Å². The molecule has 0 radical (unpaired) electrons. The SMILES string of the molecule is Cc1ccc(C(=O)N2CCNC(=O)C2C)cc1Cl. The van der Waals surface area contributed by atoms with Gasteiger partial charge in [0.15, 0.2) is 0 Å². The lowest BCUT2D eigenvalue weighted by molar-refractivity contribution is -0.127. The normalized spacial score (nSPS) is 19.6. The molecule has 0 saturated carbocycles. The molecule has 1 unspecified atom stereocenters. The Morgan fingerprint density at radius 2 is 2.22 bits per heavy atom. The number of amides is 2. The smallest absolute Gasteiger partial charge is 0.254 e. The first-order valence-electron chi connectivity index (χ1n) is 5.85. The van der Waals surface area contributed by atoms with E-state index < -0.39 is 6.04 Å². The summed E-state index contributed by atoms with van der Waals surface area (Å²) >= 11 is 6.01. The Morgan fingerprint density at radius 1 is 1.50 bits per heavy atom. The zero-order valence-corrected chi connectivity index (χ0v) is 11.1. The molecule has 4 nitrogen and oxygen atoms in total. The number of carbonyl (C=O) groups is 2. The van der Waals surface area contributed by atoms with Gasteiger partial charge in [-0.15, -0.1) is 0 Å². The fourth-order valence-electron chi connectivity index (χ4n) is 1.95. The highest BCUT2D eigenvalue weighted by molar-refractivity contribution is 6.31. The van der Waals surface area contributed by atoms with E-state index in [2.05, 4.69) is 5.32 Å². The number of halogens is 1. The Kier molecular flexibility index (Phi) is 3.57. The van der Waals surface area contributed by atoms with Crippen molar-refractivity contribution in [2.45, 2.75) is 19.9 Å². The van der Waals surface area contributed by atoms with Crippen LogP contribution in [0.4, 0.5) is 0 Å². The molecule has 1 saturated heterocycles. The van der Waals surface area contributed by atoms with Crippen LogP contribution < -0.4 is 5.32 Å². The lowest BCUT2D eigenvalue weighted by Gasteiger charge is -2.32. The van der Waals surface area contributed by atoms with E-state index in [-0.39, 0.29) is 11.8 Å². The van der Waals surface area contributed by atoms with Gasteiger partial charge in [0.05, 0.1) is 0 Å². The van der Waals surface area contributed by atoms with E-state index >= 15 is 0 Å². The van der Waals surface area contributed by atoms with Crippen molar-refractivity contribution in [2.24, 2.45) is 0 Å². The molecule has 1 aliphatic rings. The molecular formula is C13H15ClN2O2. The number of aryl methyl sites for hydroxylation is 1. The maximum absolute atomic E-state index is 12.3. The maximum Gasteiger partial charge on any atom is 0.254 e. The van der Waals surface area contributed by atoms with Crippen LogP contribution >= 0.6 is 11.6 Å². The van der Waals surface area contributed by atoms with Gasteiger partial charge >= 0.3 is 0 Å². The first-order chi connectivity index (χ1) is 8.50. The number of benzene rings is 1. The van der Waals surface area contributed by atoms with Crippen molar-refractivity contribution in [3.05, 3.63) is 34.3 Å². The number of nitrogens with zero attached hydrogens (tertiary/aromatic N) is 1. The van der Waals surface area contributed by atoms with Crippen molar-refractivity contribution in [1.82, 2.24) is 10.2 Å². The van der Waals surface area contributed by atoms with Crippen LogP contribution in [0, 0.1) is 6.92 Å². The molecule has 0 aromatic heterocycles. The van der Waals surface area contributed by atoms with Gasteiger partial charge in [0, 0.05) is 23.7 Å². The Morgan fingerprint density at radius 3 is 2.89 bits per heavy atom. The van der Waals surface area contributed by atoms with Crippen molar-refractivity contribution in [3.63, 3.8) is 0 Å². The standard InChI is InChI=1S/C13H15ClN2O2/c1-8-3-4-10(7-11(8)14)13(18)16-6-5-15-12(17)9(16)2/h3-4,7,9H,5-6H2,1-2H3,(H,15,17). The first-order valence-corrected chi connectivity index (χ1v) is 6.23. The van der Waals surface area contributed by atoms with E-state index in [0.29, 0.717) is 23.7 Å². The number of hydrogen-bond acceptors (Lipinski definition) is 2. The van der Waals surface area contributed by atoms with Crippen LogP contribution in [0.5, 0.6) is 0 Å². The second-order valence-electron chi connectivity index (χ2n) is 4.43. The molecule has 1 aliphatic heterocycles. The summed E-state index contributed by atoms with van der Waals surface area (Å²) in [5.74, 6) is -0.271. The summed E-state index contributed by atoms with van der Waals surface area (Å²) in [6.45, 7) is 4.63. The average molecular weight is 267 g/mol. The van der Waals surface area contributed by atoms with Crippen LogP contribution in [-0.2, 0) is 4.79 Å². The van der Waals surface area contributed by atoms with E-state index in [9.17, 15) is 9.59 Å². The molecule has 0 bridgehead atoms. The fraction of sp³-hybridized carbons (Fsp3) is 0.385. The third-order valence-corrected chi connectivity index (χ3v) is 3.59.